The highest BCUT2D eigenvalue weighted by molar-refractivity contribution is 5.79. The zero-order valence-electron chi connectivity index (χ0n) is 12.4. The third kappa shape index (κ3) is 3.41. The van der Waals surface area contributed by atoms with Crippen molar-refractivity contribution in [2.75, 3.05) is 40.5 Å². The van der Waals surface area contributed by atoms with Crippen LogP contribution >= 0.6 is 0 Å². The van der Waals surface area contributed by atoms with E-state index in [0.29, 0.717) is 25.3 Å². The number of ether oxygens (including phenoxy) is 3. The lowest BCUT2D eigenvalue weighted by molar-refractivity contribution is -0.222. The van der Waals surface area contributed by atoms with Gasteiger partial charge in [0.2, 0.25) is 0 Å². The maximum absolute atomic E-state index is 11.9. The lowest BCUT2D eigenvalue weighted by atomic mass is 9.98. The van der Waals surface area contributed by atoms with Crippen molar-refractivity contribution < 1.29 is 24.1 Å². The van der Waals surface area contributed by atoms with Gasteiger partial charge >= 0.3 is 5.97 Å². The van der Waals surface area contributed by atoms with E-state index in [1.807, 2.05) is 12.1 Å². The minimum atomic E-state index is -2.09. The second-order valence-corrected chi connectivity index (χ2v) is 4.89. The van der Waals surface area contributed by atoms with Gasteiger partial charge in [-0.1, -0.05) is 24.3 Å². The Morgan fingerprint density at radius 1 is 1.33 bits per heavy atom. The van der Waals surface area contributed by atoms with Crippen LogP contribution in [-0.4, -0.2) is 56.5 Å². The van der Waals surface area contributed by atoms with E-state index < -0.39 is 11.8 Å². The summed E-state index contributed by atoms with van der Waals surface area (Å²) in [6, 6.07) is 7.17. The molecule has 0 bridgehead atoms. The van der Waals surface area contributed by atoms with Crippen LogP contribution in [0.2, 0.25) is 0 Å². The van der Waals surface area contributed by atoms with E-state index in [1.54, 1.807) is 12.1 Å². The number of morpholine rings is 1. The predicted octanol–water partition coefficient (Wildman–Crippen LogP) is 0.483. The van der Waals surface area contributed by atoms with Gasteiger partial charge in [-0.2, -0.15) is 0 Å². The van der Waals surface area contributed by atoms with Gasteiger partial charge in [0.15, 0.2) is 0 Å². The summed E-state index contributed by atoms with van der Waals surface area (Å²) in [5.74, 6) is -2.92. The molecule has 0 saturated carbocycles. The van der Waals surface area contributed by atoms with Crippen molar-refractivity contribution in [2.24, 2.45) is 0 Å². The number of esters is 1. The van der Waals surface area contributed by atoms with E-state index >= 15 is 0 Å². The summed E-state index contributed by atoms with van der Waals surface area (Å²) in [5.41, 5.74) is 1.24. The molecule has 1 unspecified atom stereocenters. The summed E-state index contributed by atoms with van der Waals surface area (Å²) in [5, 5.41) is 10.5. The topological polar surface area (TPSA) is 68.2 Å². The van der Waals surface area contributed by atoms with Gasteiger partial charge in [-0.3, -0.25) is 4.90 Å². The first-order valence-corrected chi connectivity index (χ1v) is 6.86. The summed E-state index contributed by atoms with van der Waals surface area (Å²) in [7, 11) is 2.50. The number of rotatable bonds is 5. The zero-order valence-corrected chi connectivity index (χ0v) is 12.4. The van der Waals surface area contributed by atoms with E-state index in [4.69, 9.17) is 9.47 Å². The van der Waals surface area contributed by atoms with Crippen LogP contribution in [0.15, 0.2) is 24.3 Å². The first-order valence-electron chi connectivity index (χ1n) is 6.86. The Bertz CT molecular complexity index is 487. The molecule has 2 rings (SSSR count). The highest BCUT2D eigenvalue weighted by Crippen LogP contribution is 2.28. The fourth-order valence-corrected chi connectivity index (χ4v) is 2.43. The molecule has 1 aliphatic heterocycles. The lowest BCUT2D eigenvalue weighted by Gasteiger charge is -2.30. The average molecular weight is 295 g/mol. The van der Waals surface area contributed by atoms with Gasteiger partial charge in [0, 0.05) is 32.3 Å². The molecule has 21 heavy (non-hydrogen) atoms. The molecule has 0 aliphatic carbocycles. The Kier molecular flexibility index (Phi) is 5.30. The summed E-state index contributed by atoms with van der Waals surface area (Å²) < 4.78 is 15.0. The SMILES string of the molecule is COC(=O)C(O)(OC)c1ccccc1CN1CCOCC1. The molecule has 1 fully saturated rings. The highest BCUT2D eigenvalue weighted by atomic mass is 16.7. The van der Waals surface area contributed by atoms with E-state index in [0.717, 1.165) is 18.7 Å². The first-order chi connectivity index (χ1) is 10.1. The standard InChI is InChI=1S/C15H21NO5/c1-19-14(17)15(18,20-2)13-6-4-3-5-12(13)11-16-7-9-21-10-8-16/h3-6,18H,7-11H2,1-2H3. The molecule has 1 aromatic rings. The quantitative estimate of drug-likeness (QED) is 0.629. The van der Waals surface area contributed by atoms with Gasteiger partial charge in [-0.15, -0.1) is 0 Å². The molecule has 1 aromatic carbocycles. The van der Waals surface area contributed by atoms with E-state index in [1.165, 1.54) is 14.2 Å². The van der Waals surface area contributed by atoms with Gasteiger partial charge in [0.05, 0.1) is 20.3 Å². The van der Waals surface area contributed by atoms with Crippen molar-refractivity contribution in [1.29, 1.82) is 0 Å². The third-order valence-electron chi connectivity index (χ3n) is 3.64. The Morgan fingerprint density at radius 2 is 2.00 bits per heavy atom. The molecule has 6 nitrogen and oxygen atoms in total. The zero-order chi connectivity index (χ0) is 15.3. The lowest BCUT2D eigenvalue weighted by Crippen LogP contribution is -2.41. The predicted molar refractivity (Wildman–Crippen MR) is 75.5 cm³/mol. The average Bonchev–Trinajstić information content (AvgIpc) is 2.55. The van der Waals surface area contributed by atoms with Crippen LogP contribution in [0, 0.1) is 0 Å². The van der Waals surface area contributed by atoms with Crippen molar-refractivity contribution in [3.8, 4) is 0 Å². The van der Waals surface area contributed by atoms with Gasteiger partial charge in [0.1, 0.15) is 0 Å². The number of aliphatic hydroxyl groups is 1. The van der Waals surface area contributed by atoms with Crippen LogP contribution in [0.25, 0.3) is 0 Å². The number of methoxy groups -OCH3 is 2. The molecule has 0 radical (unpaired) electrons. The van der Waals surface area contributed by atoms with E-state index in [2.05, 4.69) is 9.64 Å². The first kappa shape index (κ1) is 15.9. The Balaban J connectivity index is 2.28. The third-order valence-corrected chi connectivity index (χ3v) is 3.64. The minimum absolute atomic E-state index is 0.408. The Hall–Kier alpha value is -1.47. The number of hydrogen-bond acceptors (Lipinski definition) is 6. The van der Waals surface area contributed by atoms with Gasteiger partial charge in [-0.25, -0.2) is 4.79 Å². The molecule has 0 aromatic heterocycles. The van der Waals surface area contributed by atoms with Crippen LogP contribution in [0.4, 0.5) is 0 Å². The second kappa shape index (κ2) is 7.00. The maximum atomic E-state index is 11.9. The van der Waals surface area contributed by atoms with Crippen LogP contribution in [0.3, 0.4) is 0 Å². The molecule has 1 N–H and O–H groups in total. The van der Waals surface area contributed by atoms with Crippen LogP contribution in [-0.2, 0) is 31.3 Å². The van der Waals surface area contributed by atoms with Crippen LogP contribution < -0.4 is 0 Å². The molecule has 116 valence electrons. The van der Waals surface area contributed by atoms with Crippen molar-refractivity contribution in [1.82, 2.24) is 4.90 Å². The monoisotopic (exact) mass is 295 g/mol. The van der Waals surface area contributed by atoms with Crippen molar-refractivity contribution in [2.45, 2.75) is 12.3 Å². The Labute approximate surface area is 124 Å². The van der Waals surface area contributed by atoms with E-state index in [-0.39, 0.29) is 0 Å². The van der Waals surface area contributed by atoms with Gasteiger partial charge < -0.3 is 19.3 Å². The van der Waals surface area contributed by atoms with Crippen LogP contribution in [0.5, 0.6) is 0 Å². The largest absolute Gasteiger partial charge is 0.465 e. The van der Waals surface area contributed by atoms with Crippen LogP contribution in [0.1, 0.15) is 11.1 Å². The Morgan fingerprint density at radius 3 is 2.62 bits per heavy atom. The number of nitrogens with zero attached hydrogens (tertiary/aromatic N) is 1. The summed E-state index contributed by atoms with van der Waals surface area (Å²) in [6.07, 6.45) is 0. The summed E-state index contributed by atoms with van der Waals surface area (Å²) in [6.45, 7) is 3.62. The summed E-state index contributed by atoms with van der Waals surface area (Å²) >= 11 is 0. The normalized spacial score (nSPS) is 19.0. The highest BCUT2D eigenvalue weighted by Gasteiger charge is 2.41. The van der Waals surface area contributed by atoms with Crippen molar-refractivity contribution in [3.63, 3.8) is 0 Å². The molecule has 1 heterocycles. The molecule has 0 amide bonds. The number of benzene rings is 1. The second-order valence-electron chi connectivity index (χ2n) is 4.89. The molecule has 1 atom stereocenters. The van der Waals surface area contributed by atoms with E-state index in [9.17, 15) is 9.90 Å². The summed E-state index contributed by atoms with van der Waals surface area (Å²) in [4.78, 5) is 14.1. The van der Waals surface area contributed by atoms with Crippen molar-refractivity contribution >= 4 is 5.97 Å². The molecule has 6 heteroatoms. The number of hydrogen-bond donors (Lipinski definition) is 1. The molecular formula is C15H21NO5. The number of carbonyl (C=O) groups excluding carboxylic acids is 1. The van der Waals surface area contributed by atoms with Gasteiger partial charge in [0.25, 0.3) is 5.79 Å². The number of carbonyl (C=O) groups is 1. The minimum Gasteiger partial charge on any atom is -0.465 e. The molecule has 1 saturated heterocycles. The molecule has 1 aliphatic rings. The smallest absolute Gasteiger partial charge is 0.371 e. The fourth-order valence-electron chi connectivity index (χ4n) is 2.43. The van der Waals surface area contributed by atoms with Gasteiger partial charge in [-0.05, 0) is 5.56 Å². The maximum Gasteiger partial charge on any atom is 0.371 e. The molecular weight excluding hydrogens is 274 g/mol. The molecule has 0 spiro atoms. The fraction of sp³-hybridized carbons (Fsp3) is 0.533. The van der Waals surface area contributed by atoms with Crippen molar-refractivity contribution in [3.05, 3.63) is 35.4 Å².